The maximum atomic E-state index is 12.1. The minimum atomic E-state index is -0.812. The fourth-order valence-electron chi connectivity index (χ4n) is 2.34. The lowest BCUT2D eigenvalue weighted by Crippen LogP contribution is -2.37. The summed E-state index contributed by atoms with van der Waals surface area (Å²) in [6.07, 6.45) is 1.32. The lowest BCUT2D eigenvalue weighted by molar-refractivity contribution is -0.138. The monoisotopic (exact) mass is 272 g/mol. The van der Waals surface area contributed by atoms with E-state index in [9.17, 15) is 9.59 Å². The molecule has 1 N–H and O–H groups in total. The highest BCUT2D eigenvalue weighted by Gasteiger charge is 2.21. The molecule has 0 radical (unpaired) electrons. The van der Waals surface area contributed by atoms with Crippen LogP contribution in [0, 0.1) is 5.92 Å². The van der Waals surface area contributed by atoms with Crippen molar-refractivity contribution in [1.82, 2.24) is 9.80 Å². The van der Waals surface area contributed by atoms with Crippen molar-refractivity contribution in [3.63, 3.8) is 0 Å². The van der Waals surface area contributed by atoms with Gasteiger partial charge in [-0.15, -0.1) is 0 Å². The molecule has 1 aliphatic heterocycles. The molecule has 1 amide bonds. The number of amides is 1. The summed E-state index contributed by atoms with van der Waals surface area (Å²) in [5.74, 6) is -0.453. The SMILES string of the molecule is COCC(C)CC(=O)N1CCCN(CC(=O)O)CC1. The number of aliphatic carboxylic acids is 1. The molecular weight excluding hydrogens is 248 g/mol. The van der Waals surface area contributed by atoms with Gasteiger partial charge in [-0.3, -0.25) is 14.5 Å². The van der Waals surface area contributed by atoms with Crippen molar-refractivity contribution in [3.05, 3.63) is 0 Å². The summed E-state index contributed by atoms with van der Waals surface area (Å²) in [6, 6.07) is 0. The summed E-state index contributed by atoms with van der Waals surface area (Å²) in [5.41, 5.74) is 0. The predicted molar refractivity (Wildman–Crippen MR) is 70.9 cm³/mol. The van der Waals surface area contributed by atoms with Crippen molar-refractivity contribution in [2.24, 2.45) is 5.92 Å². The predicted octanol–water partition coefficient (Wildman–Crippen LogP) is 0.278. The highest BCUT2D eigenvalue weighted by Crippen LogP contribution is 2.09. The van der Waals surface area contributed by atoms with Crippen molar-refractivity contribution in [3.8, 4) is 0 Å². The average molecular weight is 272 g/mol. The lowest BCUT2D eigenvalue weighted by atomic mass is 10.1. The van der Waals surface area contributed by atoms with Crippen LogP contribution in [0.2, 0.25) is 0 Å². The Labute approximate surface area is 114 Å². The molecule has 0 aliphatic carbocycles. The van der Waals surface area contributed by atoms with E-state index in [0.29, 0.717) is 32.7 Å². The molecule has 0 spiro atoms. The Morgan fingerprint density at radius 1 is 1.26 bits per heavy atom. The number of ether oxygens (including phenoxy) is 1. The first-order valence-electron chi connectivity index (χ1n) is 6.73. The molecular formula is C13H24N2O4. The van der Waals surface area contributed by atoms with Crippen LogP contribution < -0.4 is 0 Å². The van der Waals surface area contributed by atoms with Gasteiger partial charge in [0.1, 0.15) is 0 Å². The van der Waals surface area contributed by atoms with Crippen LogP contribution in [0.15, 0.2) is 0 Å². The number of carboxylic acids is 1. The molecule has 1 heterocycles. The third kappa shape index (κ3) is 6.02. The molecule has 1 fully saturated rings. The molecule has 1 atom stereocenters. The van der Waals surface area contributed by atoms with Crippen LogP contribution in [0.5, 0.6) is 0 Å². The van der Waals surface area contributed by atoms with Crippen LogP contribution in [0.3, 0.4) is 0 Å². The molecule has 0 bridgehead atoms. The number of nitrogens with zero attached hydrogens (tertiary/aromatic N) is 2. The van der Waals surface area contributed by atoms with Crippen LogP contribution in [0.1, 0.15) is 19.8 Å². The quantitative estimate of drug-likeness (QED) is 0.752. The fourth-order valence-corrected chi connectivity index (χ4v) is 2.34. The molecule has 0 saturated carbocycles. The Kier molecular flexibility index (Phi) is 6.80. The molecule has 0 aromatic carbocycles. The summed E-state index contributed by atoms with van der Waals surface area (Å²) in [5, 5.41) is 8.77. The average Bonchev–Trinajstić information content (AvgIpc) is 2.54. The van der Waals surface area contributed by atoms with Gasteiger partial charge in [-0.2, -0.15) is 0 Å². The van der Waals surface area contributed by atoms with Gasteiger partial charge in [0, 0.05) is 46.3 Å². The Hall–Kier alpha value is -1.14. The minimum Gasteiger partial charge on any atom is -0.480 e. The van der Waals surface area contributed by atoms with Crippen LogP contribution >= 0.6 is 0 Å². The van der Waals surface area contributed by atoms with E-state index in [4.69, 9.17) is 9.84 Å². The van der Waals surface area contributed by atoms with E-state index in [1.165, 1.54) is 0 Å². The first-order valence-corrected chi connectivity index (χ1v) is 6.73. The van der Waals surface area contributed by atoms with Gasteiger partial charge in [-0.05, 0) is 12.3 Å². The number of carboxylic acid groups (broad SMARTS) is 1. The smallest absolute Gasteiger partial charge is 0.317 e. The molecule has 1 saturated heterocycles. The normalized spacial score (nSPS) is 18.9. The molecule has 1 unspecified atom stereocenters. The van der Waals surface area contributed by atoms with E-state index in [0.717, 1.165) is 13.0 Å². The van der Waals surface area contributed by atoms with Crippen molar-refractivity contribution in [1.29, 1.82) is 0 Å². The van der Waals surface area contributed by atoms with Gasteiger partial charge in [0.05, 0.1) is 6.54 Å². The zero-order valence-corrected chi connectivity index (χ0v) is 11.8. The highest BCUT2D eigenvalue weighted by molar-refractivity contribution is 5.76. The third-order valence-corrected chi connectivity index (χ3v) is 3.27. The second-order valence-corrected chi connectivity index (χ2v) is 5.17. The van der Waals surface area contributed by atoms with Crippen LogP contribution in [-0.4, -0.2) is 73.2 Å². The van der Waals surface area contributed by atoms with E-state index < -0.39 is 5.97 Å². The van der Waals surface area contributed by atoms with Crippen LogP contribution in [0.25, 0.3) is 0 Å². The van der Waals surface area contributed by atoms with Gasteiger partial charge >= 0.3 is 5.97 Å². The van der Waals surface area contributed by atoms with Gasteiger partial charge in [0.15, 0.2) is 0 Å². The zero-order valence-electron chi connectivity index (χ0n) is 11.8. The first kappa shape index (κ1) is 15.9. The standard InChI is InChI=1S/C13H24N2O4/c1-11(10-19-2)8-12(16)15-5-3-4-14(6-7-15)9-13(17)18/h11H,3-10H2,1-2H3,(H,17,18). The molecule has 110 valence electrons. The second kappa shape index (κ2) is 8.12. The second-order valence-electron chi connectivity index (χ2n) is 5.17. The number of rotatable bonds is 6. The van der Waals surface area contributed by atoms with Gasteiger partial charge in [-0.1, -0.05) is 6.92 Å². The molecule has 0 aromatic rings. The van der Waals surface area contributed by atoms with Crippen molar-refractivity contribution in [2.45, 2.75) is 19.8 Å². The zero-order chi connectivity index (χ0) is 14.3. The number of carbonyl (C=O) groups is 2. The lowest BCUT2D eigenvalue weighted by Gasteiger charge is -2.22. The molecule has 6 heteroatoms. The van der Waals surface area contributed by atoms with Crippen molar-refractivity contribution in [2.75, 3.05) is 46.4 Å². The third-order valence-electron chi connectivity index (χ3n) is 3.27. The van der Waals surface area contributed by atoms with Gasteiger partial charge in [-0.25, -0.2) is 0 Å². The van der Waals surface area contributed by atoms with Gasteiger partial charge < -0.3 is 14.7 Å². The van der Waals surface area contributed by atoms with Crippen LogP contribution in [-0.2, 0) is 14.3 Å². The van der Waals surface area contributed by atoms with E-state index in [1.807, 2.05) is 16.7 Å². The molecule has 1 rings (SSSR count). The van der Waals surface area contributed by atoms with Gasteiger partial charge in [0.2, 0.25) is 5.91 Å². The summed E-state index contributed by atoms with van der Waals surface area (Å²) in [4.78, 5) is 26.5. The highest BCUT2D eigenvalue weighted by atomic mass is 16.5. The maximum absolute atomic E-state index is 12.1. The molecule has 19 heavy (non-hydrogen) atoms. The minimum absolute atomic E-state index is 0.0576. The Morgan fingerprint density at radius 3 is 2.63 bits per heavy atom. The number of methoxy groups -OCH3 is 1. The van der Waals surface area contributed by atoms with E-state index >= 15 is 0 Å². The van der Waals surface area contributed by atoms with Crippen molar-refractivity contribution < 1.29 is 19.4 Å². The van der Waals surface area contributed by atoms with E-state index in [1.54, 1.807) is 7.11 Å². The molecule has 6 nitrogen and oxygen atoms in total. The molecule has 0 aromatic heterocycles. The topological polar surface area (TPSA) is 70.1 Å². The Balaban J connectivity index is 2.39. The fraction of sp³-hybridized carbons (Fsp3) is 0.846. The number of hydrogen-bond acceptors (Lipinski definition) is 4. The van der Waals surface area contributed by atoms with E-state index in [2.05, 4.69) is 0 Å². The van der Waals surface area contributed by atoms with Crippen molar-refractivity contribution >= 4 is 11.9 Å². The summed E-state index contributed by atoms with van der Waals surface area (Å²) < 4.78 is 5.03. The number of hydrogen-bond donors (Lipinski definition) is 1. The Morgan fingerprint density at radius 2 is 2.00 bits per heavy atom. The Bertz CT molecular complexity index is 309. The van der Waals surface area contributed by atoms with Gasteiger partial charge in [0.25, 0.3) is 0 Å². The maximum Gasteiger partial charge on any atom is 0.317 e. The summed E-state index contributed by atoms with van der Waals surface area (Å²) in [7, 11) is 1.64. The van der Waals surface area contributed by atoms with Crippen LogP contribution in [0.4, 0.5) is 0 Å². The number of carbonyl (C=O) groups excluding carboxylic acids is 1. The summed E-state index contributed by atoms with van der Waals surface area (Å²) in [6.45, 7) is 5.35. The largest absolute Gasteiger partial charge is 0.480 e. The first-order chi connectivity index (χ1) is 9.02. The van der Waals surface area contributed by atoms with E-state index in [-0.39, 0.29) is 18.4 Å². The summed E-state index contributed by atoms with van der Waals surface area (Å²) >= 11 is 0. The molecule has 1 aliphatic rings.